The van der Waals surface area contributed by atoms with Gasteiger partial charge in [-0.1, -0.05) is 61.2 Å². The molecule has 0 aliphatic carbocycles. The molecule has 1 heterocycles. The van der Waals surface area contributed by atoms with Crippen LogP contribution in [0.2, 0.25) is 0 Å². The SMILES string of the molecule is CCCCCNCc1cc(C)cc(C)c1.c1ccc2c(c1)=NCN=2. The van der Waals surface area contributed by atoms with Crippen molar-refractivity contribution in [2.45, 2.75) is 46.6 Å². The predicted molar refractivity (Wildman–Crippen MR) is 101 cm³/mol. The molecule has 0 bridgehead atoms. The van der Waals surface area contributed by atoms with Crippen molar-refractivity contribution in [3.05, 3.63) is 69.9 Å². The van der Waals surface area contributed by atoms with Crippen LogP contribution in [0, 0.1) is 13.8 Å². The lowest BCUT2D eigenvalue weighted by Gasteiger charge is -2.06. The molecule has 1 aliphatic rings. The first kappa shape index (κ1) is 18.3. The molecule has 0 fully saturated rings. The normalized spacial score (nSPS) is 11.8. The maximum Gasteiger partial charge on any atom is 0.130 e. The van der Waals surface area contributed by atoms with Gasteiger partial charge in [0.15, 0.2) is 0 Å². The second-order valence-corrected chi connectivity index (χ2v) is 6.33. The maximum atomic E-state index is 4.13. The molecule has 24 heavy (non-hydrogen) atoms. The molecule has 0 saturated heterocycles. The Morgan fingerprint density at radius 1 is 0.917 bits per heavy atom. The minimum Gasteiger partial charge on any atom is -0.313 e. The quantitative estimate of drug-likeness (QED) is 0.812. The van der Waals surface area contributed by atoms with Gasteiger partial charge in [-0.05, 0) is 44.5 Å². The molecule has 0 saturated carbocycles. The van der Waals surface area contributed by atoms with E-state index in [0.717, 1.165) is 23.8 Å². The molecular formula is C21H29N3. The van der Waals surface area contributed by atoms with Gasteiger partial charge in [0.1, 0.15) is 6.67 Å². The number of nitrogens with zero attached hydrogens (tertiary/aromatic N) is 2. The zero-order valence-electron chi connectivity index (χ0n) is 15.2. The molecule has 0 atom stereocenters. The average molecular weight is 323 g/mol. The van der Waals surface area contributed by atoms with Gasteiger partial charge in [0, 0.05) is 6.54 Å². The van der Waals surface area contributed by atoms with E-state index in [1.165, 1.54) is 36.0 Å². The van der Waals surface area contributed by atoms with Gasteiger partial charge in [0.05, 0.1) is 10.7 Å². The summed E-state index contributed by atoms with van der Waals surface area (Å²) in [4.78, 5) is 8.27. The van der Waals surface area contributed by atoms with Crippen molar-refractivity contribution in [2.24, 2.45) is 9.98 Å². The highest BCUT2D eigenvalue weighted by atomic mass is 15.0. The molecule has 3 rings (SSSR count). The van der Waals surface area contributed by atoms with E-state index in [9.17, 15) is 0 Å². The highest BCUT2D eigenvalue weighted by molar-refractivity contribution is 5.28. The second kappa shape index (κ2) is 9.99. The van der Waals surface area contributed by atoms with E-state index in [0.29, 0.717) is 6.67 Å². The van der Waals surface area contributed by atoms with Crippen LogP contribution in [0.4, 0.5) is 0 Å². The number of hydrogen-bond acceptors (Lipinski definition) is 3. The Hall–Kier alpha value is -2.00. The fourth-order valence-corrected chi connectivity index (χ4v) is 2.82. The van der Waals surface area contributed by atoms with E-state index in [1.54, 1.807) is 0 Å². The van der Waals surface area contributed by atoms with Crippen LogP contribution in [0.5, 0.6) is 0 Å². The van der Waals surface area contributed by atoms with Crippen LogP contribution < -0.4 is 16.0 Å². The van der Waals surface area contributed by atoms with Crippen LogP contribution in [-0.2, 0) is 6.54 Å². The lowest BCUT2D eigenvalue weighted by molar-refractivity contribution is 0.616. The Kier molecular flexibility index (Phi) is 7.63. The molecular weight excluding hydrogens is 294 g/mol. The van der Waals surface area contributed by atoms with Crippen LogP contribution in [0.15, 0.2) is 52.4 Å². The number of fused-ring (bicyclic) bond motifs is 1. The van der Waals surface area contributed by atoms with Gasteiger partial charge in [-0.2, -0.15) is 0 Å². The third-order valence-electron chi connectivity index (χ3n) is 3.93. The summed E-state index contributed by atoms with van der Waals surface area (Å²) in [6.07, 6.45) is 3.92. The fourth-order valence-electron chi connectivity index (χ4n) is 2.82. The fraction of sp³-hybridized carbons (Fsp3) is 0.429. The minimum atomic E-state index is 0.610. The minimum absolute atomic E-state index is 0.610. The topological polar surface area (TPSA) is 36.8 Å². The monoisotopic (exact) mass is 323 g/mol. The van der Waals surface area contributed by atoms with Gasteiger partial charge < -0.3 is 5.32 Å². The summed E-state index contributed by atoms with van der Waals surface area (Å²) in [6, 6.07) is 14.7. The second-order valence-electron chi connectivity index (χ2n) is 6.33. The van der Waals surface area contributed by atoms with Crippen molar-refractivity contribution in [3.63, 3.8) is 0 Å². The smallest absolute Gasteiger partial charge is 0.130 e. The summed E-state index contributed by atoms with van der Waals surface area (Å²) in [7, 11) is 0. The number of hydrogen-bond donors (Lipinski definition) is 1. The summed E-state index contributed by atoms with van der Waals surface area (Å²) >= 11 is 0. The Bertz CT molecular complexity index is 697. The lowest BCUT2D eigenvalue weighted by Crippen LogP contribution is -2.19. The predicted octanol–water partition coefficient (Wildman–Crippen LogP) is 3.48. The number of nitrogens with one attached hydrogen (secondary N) is 1. The molecule has 0 radical (unpaired) electrons. The molecule has 3 nitrogen and oxygen atoms in total. The van der Waals surface area contributed by atoms with Gasteiger partial charge in [0.2, 0.25) is 0 Å². The molecule has 3 heteroatoms. The molecule has 2 aromatic carbocycles. The van der Waals surface area contributed by atoms with E-state index in [-0.39, 0.29) is 0 Å². The summed E-state index contributed by atoms with van der Waals surface area (Å²) in [5.41, 5.74) is 4.13. The van der Waals surface area contributed by atoms with Gasteiger partial charge >= 0.3 is 0 Å². The van der Waals surface area contributed by atoms with Crippen molar-refractivity contribution in [1.82, 2.24) is 5.32 Å². The zero-order chi connectivity index (χ0) is 17.2. The van der Waals surface area contributed by atoms with E-state index < -0.39 is 0 Å². The van der Waals surface area contributed by atoms with Crippen molar-refractivity contribution in [2.75, 3.05) is 13.2 Å². The third-order valence-corrected chi connectivity index (χ3v) is 3.93. The van der Waals surface area contributed by atoms with E-state index in [1.807, 2.05) is 24.3 Å². The summed E-state index contributed by atoms with van der Waals surface area (Å²) in [5, 5.41) is 5.54. The Morgan fingerprint density at radius 3 is 2.12 bits per heavy atom. The van der Waals surface area contributed by atoms with E-state index in [4.69, 9.17) is 0 Å². The highest BCUT2D eigenvalue weighted by Gasteiger charge is 1.95. The molecule has 1 N–H and O–H groups in total. The Balaban J connectivity index is 0.000000194. The van der Waals surface area contributed by atoms with Crippen molar-refractivity contribution < 1.29 is 0 Å². The van der Waals surface area contributed by atoms with Gasteiger partial charge in [-0.25, -0.2) is 0 Å². The van der Waals surface area contributed by atoms with Crippen LogP contribution in [-0.4, -0.2) is 13.2 Å². The van der Waals surface area contributed by atoms with Crippen LogP contribution in [0.1, 0.15) is 42.9 Å². The molecule has 0 aromatic heterocycles. The number of unbranched alkanes of at least 4 members (excludes halogenated alkanes) is 2. The van der Waals surface area contributed by atoms with Crippen LogP contribution in [0.25, 0.3) is 0 Å². The van der Waals surface area contributed by atoms with E-state index >= 15 is 0 Å². The van der Waals surface area contributed by atoms with Crippen LogP contribution >= 0.6 is 0 Å². The largest absolute Gasteiger partial charge is 0.313 e. The molecule has 0 unspecified atom stereocenters. The molecule has 1 aliphatic heterocycles. The van der Waals surface area contributed by atoms with Gasteiger partial charge in [-0.15, -0.1) is 0 Å². The van der Waals surface area contributed by atoms with Crippen LogP contribution in [0.3, 0.4) is 0 Å². The molecule has 128 valence electrons. The van der Waals surface area contributed by atoms with E-state index in [2.05, 4.69) is 54.3 Å². The first-order chi connectivity index (χ1) is 11.7. The zero-order valence-corrected chi connectivity index (χ0v) is 15.2. The van der Waals surface area contributed by atoms with Gasteiger partial charge in [0.25, 0.3) is 0 Å². The number of aryl methyl sites for hydroxylation is 2. The number of rotatable bonds is 6. The van der Waals surface area contributed by atoms with Crippen molar-refractivity contribution in [1.29, 1.82) is 0 Å². The lowest BCUT2D eigenvalue weighted by atomic mass is 10.1. The summed E-state index contributed by atoms with van der Waals surface area (Å²) in [6.45, 7) is 9.32. The number of benzene rings is 2. The third kappa shape index (κ3) is 6.25. The highest BCUT2D eigenvalue weighted by Crippen LogP contribution is 2.08. The first-order valence-corrected chi connectivity index (χ1v) is 8.91. The Labute approximate surface area is 145 Å². The molecule has 2 aromatic rings. The first-order valence-electron chi connectivity index (χ1n) is 8.91. The van der Waals surface area contributed by atoms with Crippen molar-refractivity contribution in [3.8, 4) is 0 Å². The standard InChI is InChI=1S/C14H23N.C7H6N2/c1-4-5-6-7-15-11-14-9-12(2)8-13(3)10-14;1-2-4-7-6(3-1)8-5-9-7/h8-10,15H,4-7,11H2,1-3H3;1-4H,5H2. The molecule has 0 spiro atoms. The Morgan fingerprint density at radius 2 is 1.54 bits per heavy atom. The van der Waals surface area contributed by atoms with Gasteiger partial charge in [-0.3, -0.25) is 9.98 Å². The number of para-hydroxylation sites is 2. The summed E-state index contributed by atoms with van der Waals surface area (Å²) < 4.78 is 0. The summed E-state index contributed by atoms with van der Waals surface area (Å²) in [5.74, 6) is 0. The molecule has 0 amide bonds. The maximum absolute atomic E-state index is 4.13. The average Bonchev–Trinajstić information content (AvgIpc) is 3.03. The van der Waals surface area contributed by atoms with Crippen molar-refractivity contribution >= 4 is 0 Å².